The first kappa shape index (κ1) is 19.6. The lowest BCUT2D eigenvalue weighted by Gasteiger charge is -2.09. The molecular formula is C18H10F4N2O3S. The van der Waals surface area contributed by atoms with Crippen molar-refractivity contribution in [1.82, 2.24) is 5.16 Å². The molecule has 5 nitrogen and oxygen atoms in total. The van der Waals surface area contributed by atoms with Gasteiger partial charge in [-0.3, -0.25) is 0 Å². The molecule has 0 atom stereocenters. The Morgan fingerprint density at radius 2 is 1.68 bits per heavy atom. The molecule has 0 spiro atoms. The molecule has 1 heterocycles. The highest BCUT2D eigenvalue weighted by atomic mass is 32.2. The Bertz CT molecular complexity index is 1190. The number of aromatic nitrogens is 1. The third-order valence-corrected chi connectivity index (χ3v) is 4.99. The van der Waals surface area contributed by atoms with E-state index < -0.39 is 38.0 Å². The maximum atomic E-state index is 14.3. The van der Waals surface area contributed by atoms with Crippen molar-refractivity contribution >= 4 is 9.84 Å². The molecule has 1 aromatic heterocycles. The van der Waals surface area contributed by atoms with Gasteiger partial charge in [0.2, 0.25) is 5.76 Å². The molecule has 10 heteroatoms. The average molecular weight is 410 g/mol. The molecule has 0 saturated carbocycles. The maximum Gasteiger partial charge on any atom is 0.453 e. The van der Waals surface area contributed by atoms with E-state index in [1.807, 2.05) is 6.07 Å². The Morgan fingerprint density at radius 1 is 1.07 bits per heavy atom. The van der Waals surface area contributed by atoms with Gasteiger partial charge in [-0.05, 0) is 29.8 Å². The van der Waals surface area contributed by atoms with Crippen molar-refractivity contribution < 1.29 is 30.5 Å². The summed E-state index contributed by atoms with van der Waals surface area (Å²) in [6, 6.07) is 10.0. The predicted octanol–water partition coefficient (Wildman–Crippen LogP) is 4.44. The van der Waals surface area contributed by atoms with E-state index in [1.165, 1.54) is 24.3 Å². The van der Waals surface area contributed by atoms with E-state index >= 15 is 0 Å². The van der Waals surface area contributed by atoms with Crippen molar-refractivity contribution in [2.45, 2.75) is 11.1 Å². The minimum absolute atomic E-state index is 0.209. The topological polar surface area (TPSA) is 84.0 Å². The summed E-state index contributed by atoms with van der Waals surface area (Å²) in [7, 11) is -3.89. The first-order valence-corrected chi connectivity index (χ1v) is 9.49. The normalized spacial score (nSPS) is 12.0. The lowest BCUT2D eigenvalue weighted by Crippen LogP contribution is -2.06. The van der Waals surface area contributed by atoms with E-state index in [2.05, 4.69) is 9.68 Å². The highest BCUT2D eigenvalue weighted by Crippen LogP contribution is 2.43. The number of rotatable bonds is 3. The van der Waals surface area contributed by atoms with Gasteiger partial charge in [-0.2, -0.15) is 18.4 Å². The van der Waals surface area contributed by atoms with Crippen molar-refractivity contribution in [2.75, 3.05) is 6.26 Å². The summed E-state index contributed by atoms with van der Waals surface area (Å²) in [6.45, 7) is 0. The van der Waals surface area contributed by atoms with Crippen LogP contribution in [0.15, 0.2) is 51.9 Å². The number of hydrogen-bond donors (Lipinski definition) is 0. The van der Waals surface area contributed by atoms with Gasteiger partial charge in [0.05, 0.1) is 17.2 Å². The number of nitriles is 1. The van der Waals surface area contributed by atoms with E-state index in [-0.39, 0.29) is 22.4 Å². The molecular weight excluding hydrogens is 400 g/mol. The molecule has 0 saturated heterocycles. The Labute approximate surface area is 156 Å². The highest BCUT2D eigenvalue weighted by Gasteiger charge is 2.41. The van der Waals surface area contributed by atoms with Crippen molar-refractivity contribution in [3.8, 4) is 28.5 Å². The Morgan fingerprint density at radius 3 is 2.18 bits per heavy atom. The zero-order valence-corrected chi connectivity index (χ0v) is 14.9. The van der Waals surface area contributed by atoms with Gasteiger partial charge in [0.1, 0.15) is 16.4 Å². The van der Waals surface area contributed by atoms with E-state index in [0.29, 0.717) is 6.07 Å². The van der Waals surface area contributed by atoms with Crippen molar-refractivity contribution in [3.63, 3.8) is 0 Å². The van der Waals surface area contributed by atoms with Crippen LogP contribution in [0.4, 0.5) is 17.6 Å². The van der Waals surface area contributed by atoms with Crippen molar-refractivity contribution in [2.24, 2.45) is 0 Å². The maximum absolute atomic E-state index is 14.3. The standard InChI is InChI=1S/C18H10F4N2O3S/c1-28(25,26)14-7-6-12(8-13(14)19)15-16(24-27-17(15)18(20,21)22)11-4-2-10(9-23)3-5-11/h2-8H,1H3. The molecule has 0 amide bonds. The lowest BCUT2D eigenvalue weighted by molar-refractivity contribution is -0.154. The van der Waals surface area contributed by atoms with E-state index in [9.17, 15) is 26.0 Å². The molecule has 0 N–H and O–H groups in total. The van der Waals surface area contributed by atoms with Crippen LogP contribution in [0.5, 0.6) is 0 Å². The summed E-state index contributed by atoms with van der Waals surface area (Å²) in [5.74, 6) is -2.64. The second-order valence-corrected chi connectivity index (χ2v) is 7.82. The number of nitrogens with zero attached hydrogens (tertiary/aromatic N) is 2. The second-order valence-electron chi connectivity index (χ2n) is 5.84. The lowest BCUT2D eigenvalue weighted by atomic mass is 9.98. The number of hydrogen-bond acceptors (Lipinski definition) is 5. The number of benzene rings is 2. The first-order chi connectivity index (χ1) is 13.0. The third kappa shape index (κ3) is 3.61. The molecule has 0 aliphatic rings. The van der Waals surface area contributed by atoms with Gasteiger partial charge in [0.15, 0.2) is 9.84 Å². The molecule has 0 bridgehead atoms. The number of alkyl halides is 3. The SMILES string of the molecule is CS(=O)(=O)c1ccc(-c2c(-c3ccc(C#N)cc3)noc2C(F)(F)F)cc1F. The Kier molecular flexibility index (Phi) is 4.72. The first-order valence-electron chi connectivity index (χ1n) is 7.59. The summed E-state index contributed by atoms with van der Waals surface area (Å²) in [5, 5.41) is 12.3. The van der Waals surface area contributed by atoms with Crippen LogP contribution in [-0.4, -0.2) is 19.8 Å². The van der Waals surface area contributed by atoms with Gasteiger partial charge in [-0.25, -0.2) is 12.8 Å². The van der Waals surface area contributed by atoms with Crippen LogP contribution < -0.4 is 0 Å². The average Bonchev–Trinajstić information content (AvgIpc) is 3.06. The number of halogens is 4. The monoisotopic (exact) mass is 410 g/mol. The van der Waals surface area contributed by atoms with Crippen LogP contribution in [0.2, 0.25) is 0 Å². The molecule has 0 radical (unpaired) electrons. The zero-order chi connectivity index (χ0) is 20.7. The minimum atomic E-state index is -4.92. The molecule has 28 heavy (non-hydrogen) atoms. The second kappa shape index (κ2) is 6.76. The Hall–Kier alpha value is -3.19. The van der Waals surface area contributed by atoms with Crippen LogP contribution in [0.25, 0.3) is 22.4 Å². The zero-order valence-electron chi connectivity index (χ0n) is 14.1. The fourth-order valence-electron chi connectivity index (χ4n) is 2.61. The van der Waals surface area contributed by atoms with Gasteiger partial charge in [0, 0.05) is 11.8 Å². The van der Waals surface area contributed by atoms with E-state index in [1.54, 1.807) is 0 Å². The van der Waals surface area contributed by atoms with Crippen LogP contribution in [-0.2, 0) is 16.0 Å². The predicted molar refractivity (Wildman–Crippen MR) is 90.2 cm³/mol. The number of sulfone groups is 1. The fourth-order valence-corrected chi connectivity index (χ4v) is 3.34. The third-order valence-electron chi connectivity index (χ3n) is 3.86. The quantitative estimate of drug-likeness (QED) is 0.596. The van der Waals surface area contributed by atoms with Crippen LogP contribution in [0.1, 0.15) is 11.3 Å². The molecule has 0 aliphatic carbocycles. The summed E-state index contributed by atoms with van der Waals surface area (Å²) in [5.41, 5.74) is -0.508. The fraction of sp³-hybridized carbons (Fsp3) is 0.111. The summed E-state index contributed by atoms with van der Waals surface area (Å²) >= 11 is 0. The Balaban J connectivity index is 2.25. The van der Waals surface area contributed by atoms with Crippen molar-refractivity contribution in [3.05, 3.63) is 59.6 Å². The molecule has 0 fully saturated rings. The van der Waals surface area contributed by atoms with Crippen LogP contribution in [0.3, 0.4) is 0 Å². The highest BCUT2D eigenvalue weighted by molar-refractivity contribution is 7.90. The van der Waals surface area contributed by atoms with Crippen LogP contribution in [0, 0.1) is 17.1 Å². The molecule has 0 unspecified atom stereocenters. The molecule has 0 aliphatic heterocycles. The van der Waals surface area contributed by atoms with E-state index in [4.69, 9.17) is 5.26 Å². The van der Waals surface area contributed by atoms with Crippen LogP contribution >= 0.6 is 0 Å². The summed E-state index contributed by atoms with van der Waals surface area (Å²) < 4.78 is 82.0. The van der Waals surface area contributed by atoms with Gasteiger partial charge in [-0.15, -0.1) is 0 Å². The van der Waals surface area contributed by atoms with Crippen molar-refractivity contribution in [1.29, 1.82) is 5.26 Å². The van der Waals surface area contributed by atoms with Gasteiger partial charge in [0.25, 0.3) is 0 Å². The summed E-state index contributed by atoms with van der Waals surface area (Å²) in [4.78, 5) is -0.638. The molecule has 3 aromatic rings. The molecule has 144 valence electrons. The van der Waals surface area contributed by atoms with Gasteiger partial charge < -0.3 is 4.52 Å². The smallest absolute Gasteiger partial charge is 0.350 e. The van der Waals surface area contributed by atoms with Gasteiger partial charge >= 0.3 is 6.18 Å². The van der Waals surface area contributed by atoms with E-state index in [0.717, 1.165) is 18.4 Å². The molecule has 2 aromatic carbocycles. The molecule has 3 rings (SSSR count). The van der Waals surface area contributed by atoms with Gasteiger partial charge in [-0.1, -0.05) is 23.4 Å². The minimum Gasteiger partial charge on any atom is -0.350 e. The summed E-state index contributed by atoms with van der Waals surface area (Å²) in [6.07, 6.45) is -4.13. The largest absolute Gasteiger partial charge is 0.453 e.